The first kappa shape index (κ1) is 24.1. The van der Waals surface area contributed by atoms with Crippen molar-refractivity contribution in [3.63, 3.8) is 0 Å². The van der Waals surface area contributed by atoms with Crippen LogP contribution in [0.3, 0.4) is 0 Å². The number of hydrogen-bond donors (Lipinski definition) is 0. The Morgan fingerprint density at radius 1 is 1.09 bits per heavy atom. The molecular formula is C26H33N5O3S. The molecule has 35 heavy (non-hydrogen) atoms. The number of thioether (sulfide) groups is 1. The summed E-state index contributed by atoms with van der Waals surface area (Å²) in [6.45, 7) is 10.7. The molecule has 1 atom stereocenters. The number of ether oxygens (including phenoxy) is 2. The van der Waals surface area contributed by atoms with Crippen LogP contribution in [0.25, 0.3) is 5.69 Å². The molecule has 8 nitrogen and oxygen atoms in total. The van der Waals surface area contributed by atoms with Crippen molar-refractivity contribution in [2.24, 2.45) is 0 Å². The number of aromatic nitrogens is 4. The molecule has 0 amide bonds. The van der Waals surface area contributed by atoms with Crippen LogP contribution in [-0.2, 0) is 16.0 Å². The average Bonchev–Trinajstić information content (AvgIpc) is 3.60. The maximum atomic E-state index is 13.3. The summed E-state index contributed by atoms with van der Waals surface area (Å²) in [5.74, 6) is 1.20. The Kier molecular flexibility index (Phi) is 7.27. The Morgan fingerprint density at radius 2 is 1.86 bits per heavy atom. The fourth-order valence-electron chi connectivity index (χ4n) is 4.81. The number of Topliss-reactive ketones (excluding diaryl/α,β-unsaturated/α-hetero) is 1. The lowest BCUT2D eigenvalue weighted by molar-refractivity contribution is 0.0957. The Morgan fingerprint density at radius 3 is 2.57 bits per heavy atom. The zero-order valence-electron chi connectivity index (χ0n) is 20.7. The molecule has 2 aromatic heterocycles. The predicted molar refractivity (Wildman–Crippen MR) is 137 cm³/mol. The van der Waals surface area contributed by atoms with Crippen LogP contribution in [0, 0.1) is 20.8 Å². The van der Waals surface area contributed by atoms with E-state index in [1.165, 1.54) is 17.3 Å². The van der Waals surface area contributed by atoms with Gasteiger partial charge in [0.15, 0.2) is 10.9 Å². The lowest BCUT2D eigenvalue weighted by atomic mass is 10.2. The minimum atomic E-state index is 0.105. The number of hydrogen-bond acceptors (Lipinski definition) is 7. The van der Waals surface area contributed by atoms with Crippen LogP contribution in [0.4, 0.5) is 5.95 Å². The van der Waals surface area contributed by atoms with Crippen molar-refractivity contribution in [1.82, 2.24) is 19.3 Å². The monoisotopic (exact) mass is 495 g/mol. The van der Waals surface area contributed by atoms with Crippen LogP contribution < -0.4 is 4.90 Å². The number of carbonyl (C=O) groups excluding carboxylic acids is 1. The number of rotatable bonds is 8. The highest BCUT2D eigenvalue weighted by molar-refractivity contribution is 7.99. The Hall–Kier alpha value is -2.62. The quantitative estimate of drug-likeness (QED) is 0.346. The predicted octanol–water partition coefficient (Wildman–Crippen LogP) is 3.98. The lowest BCUT2D eigenvalue weighted by Crippen LogP contribution is -2.37. The third kappa shape index (κ3) is 5.17. The van der Waals surface area contributed by atoms with E-state index < -0.39 is 0 Å². The second-order valence-electron chi connectivity index (χ2n) is 9.30. The van der Waals surface area contributed by atoms with Crippen LogP contribution >= 0.6 is 11.8 Å². The van der Waals surface area contributed by atoms with E-state index in [9.17, 15) is 4.79 Å². The van der Waals surface area contributed by atoms with Crippen molar-refractivity contribution in [3.8, 4) is 5.69 Å². The van der Waals surface area contributed by atoms with Gasteiger partial charge >= 0.3 is 0 Å². The molecule has 1 unspecified atom stereocenters. The molecule has 0 saturated carbocycles. The molecule has 2 fully saturated rings. The first-order valence-electron chi connectivity index (χ1n) is 12.3. The van der Waals surface area contributed by atoms with E-state index in [-0.39, 0.29) is 11.9 Å². The van der Waals surface area contributed by atoms with Gasteiger partial charge in [-0.05, 0) is 51.8 Å². The fraction of sp³-hybridized carbons (Fsp3) is 0.500. The molecule has 0 aliphatic carbocycles. The van der Waals surface area contributed by atoms with Crippen LogP contribution in [-0.4, -0.2) is 69.9 Å². The van der Waals surface area contributed by atoms with Crippen LogP contribution in [0.1, 0.15) is 40.2 Å². The van der Waals surface area contributed by atoms with Crippen molar-refractivity contribution < 1.29 is 14.3 Å². The molecule has 4 heterocycles. The SMILES string of the molecule is Cc1ccc(-n2c(SCC(=O)c3cc(C)n(CC4CCCO4)c3C)nnc2N2CCOCC2)cc1. The Bertz CT molecular complexity index is 1170. The lowest BCUT2D eigenvalue weighted by Gasteiger charge is -2.27. The second kappa shape index (κ2) is 10.6. The topological polar surface area (TPSA) is 74.4 Å². The normalized spacial score (nSPS) is 18.4. The smallest absolute Gasteiger partial charge is 0.232 e. The second-order valence-corrected chi connectivity index (χ2v) is 10.2. The van der Waals surface area contributed by atoms with Crippen LogP contribution in [0.15, 0.2) is 35.5 Å². The minimum absolute atomic E-state index is 0.105. The van der Waals surface area contributed by atoms with E-state index >= 15 is 0 Å². The van der Waals surface area contributed by atoms with Crippen molar-refractivity contribution in [2.75, 3.05) is 43.6 Å². The zero-order chi connectivity index (χ0) is 24.4. The molecule has 0 bridgehead atoms. The van der Waals surface area contributed by atoms with Gasteiger partial charge in [0, 0.05) is 43.2 Å². The summed E-state index contributed by atoms with van der Waals surface area (Å²) in [7, 11) is 0. The third-order valence-electron chi connectivity index (χ3n) is 6.82. The van der Waals surface area contributed by atoms with Crippen LogP contribution in [0.2, 0.25) is 0 Å². The standard InChI is InChI=1S/C26H33N5O3S/c1-18-6-8-21(9-7-18)31-25(29-10-13-33-14-11-29)27-28-26(31)35-17-24(32)23-15-19(2)30(20(23)3)16-22-5-4-12-34-22/h6-9,15,22H,4-5,10-14,16-17H2,1-3H3. The largest absolute Gasteiger partial charge is 0.378 e. The van der Waals surface area contributed by atoms with Crippen LogP contribution in [0.5, 0.6) is 0 Å². The number of aryl methyl sites for hydroxylation is 2. The van der Waals surface area contributed by atoms with Crippen molar-refractivity contribution >= 4 is 23.5 Å². The molecule has 1 aromatic carbocycles. The molecule has 2 aliphatic rings. The summed E-state index contributed by atoms with van der Waals surface area (Å²) in [4.78, 5) is 15.5. The first-order chi connectivity index (χ1) is 17.0. The molecule has 5 rings (SSSR count). The van der Waals surface area contributed by atoms with Gasteiger partial charge in [-0.3, -0.25) is 9.36 Å². The van der Waals surface area contributed by atoms with Gasteiger partial charge in [-0.25, -0.2) is 0 Å². The van der Waals surface area contributed by atoms with Gasteiger partial charge in [-0.2, -0.15) is 0 Å². The van der Waals surface area contributed by atoms with Crippen molar-refractivity contribution in [3.05, 3.63) is 52.8 Å². The Balaban J connectivity index is 1.36. The van der Waals surface area contributed by atoms with Crippen molar-refractivity contribution in [1.29, 1.82) is 0 Å². The minimum Gasteiger partial charge on any atom is -0.378 e. The van der Waals surface area contributed by atoms with E-state index in [2.05, 4.69) is 62.3 Å². The van der Waals surface area contributed by atoms with Gasteiger partial charge in [-0.1, -0.05) is 29.5 Å². The summed E-state index contributed by atoms with van der Waals surface area (Å²) < 4.78 is 15.6. The highest BCUT2D eigenvalue weighted by Gasteiger charge is 2.24. The highest BCUT2D eigenvalue weighted by Crippen LogP contribution is 2.29. The zero-order valence-corrected chi connectivity index (χ0v) is 21.5. The number of carbonyl (C=O) groups is 1. The number of nitrogens with zero attached hydrogens (tertiary/aromatic N) is 5. The van der Waals surface area contributed by atoms with Gasteiger partial charge in [0.25, 0.3) is 0 Å². The van der Waals surface area contributed by atoms with Gasteiger partial charge in [0.2, 0.25) is 5.95 Å². The van der Waals surface area contributed by atoms with E-state index in [1.807, 2.05) is 13.0 Å². The van der Waals surface area contributed by atoms with Gasteiger partial charge in [-0.15, -0.1) is 10.2 Å². The molecule has 2 aliphatic heterocycles. The van der Waals surface area contributed by atoms with E-state index in [4.69, 9.17) is 9.47 Å². The summed E-state index contributed by atoms with van der Waals surface area (Å²) >= 11 is 1.44. The maximum Gasteiger partial charge on any atom is 0.232 e. The van der Waals surface area contributed by atoms with E-state index in [0.29, 0.717) is 19.0 Å². The van der Waals surface area contributed by atoms with Gasteiger partial charge in [0.1, 0.15) is 0 Å². The Labute approximate surface area is 210 Å². The molecule has 0 spiro atoms. The third-order valence-corrected chi connectivity index (χ3v) is 7.75. The molecular weight excluding hydrogens is 462 g/mol. The summed E-state index contributed by atoms with van der Waals surface area (Å²) in [6.07, 6.45) is 2.43. The highest BCUT2D eigenvalue weighted by atomic mass is 32.2. The van der Waals surface area contributed by atoms with Gasteiger partial charge in [0.05, 0.1) is 30.8 Å². The number of morpholine rings is 1. The molecule has 186 valence electrons. The average molecular weight is 496 g/mol. The molecule has 0 N–H and O–H groups in total. The fourth-order valence-corrected chi connectivity index (χ4v) is 5.64. The maximum absolute atomic E-state index is 13.3. The van der Waals surface area contributed by atoms with Crippen molar-refractivity contribution in [2.45, 2.75) is 51.4 Å². The number of anilines is 1. The van der Waals surface area contributed by atoms with E-state index in [0.717, 1.165) is 72.8 Å². The van der Waals surface area contributed by atoms with Gasteiger partial charge < -0.3 is 18.9 Å². The molecule has 0 radical (unpaired) electrons. The van der Waals surface area contributed by atoms with E-state index in [1.54, 1.807) is 0 Å². The molecule has 9 heteroatoms. The number of benzene rings is 1. The number of ketones is 1. The first-order valence-corrected chi connectivity index (χ1v) is 13.3. The molecule has 3 aromatic rings. The summed E-state index contributed by atoms with van der Waals surface area (Å²) in [5.41, 5.74) is 5.08. The summed E-state index contributed by atoms with van der Waals surface area (Å²) in [6, 6.07) is 10.3. The molecule has 2 saturated heterocycles. The summed E-state index contributed by atoms with van der Waals surface area (Å²) in [5, 5.41) is 9.72.